The summed E-state index contributed by atoms with van der Waals surface area (Å²) in [7, 11) is 0. The molecule has 0 bridgehead atoms. The van der Waals surface area contributed by atoms with Gasteiger partial charge in [0.2, 0.25) is 0 Å². The molecule has 4 nitrogen and oxygen atoms in total. The van der Waals surface area contributed by atoms with Crippen molar-refractivity contribution in [3.05, 3.63) is 106 Å². The zero-order valence-corrected chi connectivity index (χ0v) is 17.5. The topological polar surface area (TPSA) is 57.6 Å². The van der Waals surface area contributed by atoms with Crippen molar-refractivity contribution >= 4 is 23.1 Å². The summed E-state index contributed by atoms with van der Waals surface area (Å²) in [5, 5.41) is 11.1. The Morgan fingerprint density at radius 2 is 1.55 bits per heavy atom. The maximum atomic E-state index is 13.6. The lowest BCUT2D eigenvalue weighted by atomic mass is 9.94. The summed E-state index contributed by atoms with van der Waals surface area (Å²) in [6.45, 7) is 5.71. The zero-order chi connectivity index (χ0) is 22.3. The minimum atomic E-state index is -0.872. The molecule has 1 aliphatic rings. The third kappa shape index (κ3) is 3.52. The Bertz CT molecular complexity index is 1230. The first-order valence-electron chi connectivity index (χ1n) is 9.99. The average molecular weight is 415 g/mol. The Labute approximate surface area is 180 Å². The van der Waals surface area contributed by atoms with Gasteiger partial charge in [0.25, 0.3) is 11.7 Å². The van der Waals surface area contributed by atoms with E-state index in [-0.39, 0.29) is 11.3 Å². The molecule has 1 fully saturated rings. The predicted molar refractivity (Wildman–Crippen MR) is 118 cm³/mol. The SMILES string of the molecule is Cc1ccc(/C(O)=C2/C(=O)C(=O)N(c3ccccc3C)C2c2ccc(F)cc2)cc1C. The van der Waals surface area contributed by atoms with E-state index in [0.29, 0.717) is 16.8 Å². The van der Waals surface area contributed by atoms with Gasteiger partial charge in [-0.3, -0.25) is 14.5 Å². The molecule has 156 valence electrons. The molecule has 5 heteroatoms. The van der Waals surface area contributed by atoms with Crippen LogP contribution in [-0.4, -0.2) is 16.8 Å². The summed E-state index contributed by atoms with van der Waals surface area (Å²) in [5.74, 6) is -2.17. The number of para-hydroxylation sites is 1. The van der Waals surface area contributed by atoms with E-state index in [1.54, 1.807) is 24.3 Å². The number of amides is 1. The second-order valence-corrected chi connectivity index (χ2v) is 7.81. The first-order chi connectivity index (χ1) is 14.8. The third-order valence-corrected chi connectivity index (χ3v) is 5.79. The molecule has 31 heavy (non-hydrogen) atoms. The molecule has 0 saturated carbocycles. The fraction of sp³-hybridized carbons (Fsp3) is 0.154. The highest BCUT2D eigenvalue weighted by Crippen LogP contribution is 2.43. The number of aryl methyl sites for hydroxylation is 3. The molecule has 0 aliphatic carbocycles. The fourth-order valence-electron chi connectivity index (χ4n) is 3.92. The number of aliphatic hydroxyl groups excluding tert-OH is 1. The largest absolute Gasteiger partial charge is 0.507 e. The molecule has 1 atom stereocenters. The molecule has 0 aromatic heterocycles. The summed E-state index contributed by atoms with van der Waals surface area (Å²) in [4.78, 5) is 27.7. The number of carbonyl (C=O) groups is 2. The average Bonchev–Trinajstić information content (AvgIpc) is 3.01. The molecule has 3 aromatic rings. The standard InChI is InChI=1S/C26H22FNO3/c1-15-8-9-19(14-17(15)3)24(29)22-23(18-10-12-20(27)13-11-18)28(26(31)25(22)30)21-7-5-4-6-16(21)2/h4-14,23,29H,1-3H3/b24-22-. The van der Waals surface area contributed by atoms with Crippen molar-refractivity contribution in [2.24, 2.45) is 0 Å². The third-order valence-electron chi connectivity index (χ3n) is 5.79. The summed E-state index contributed by atoms with van der Waals surface area (Å²) < 4.78 is 13.6. The highest BCUT2D eigenvalue weighted by atomic mass is 19.1. The molecule has 1 N–H and O–H groups in total. The lowest BCUT2D eigenvalue weighted by Crippen LogP contribution is -2.30. The molecular formula is C26H22FNO3. The van der Waals surface area contributed by atoms with Crippen molar-refractivity contribution in [3.63, 3.8) is 0 Å². The Kier molecular flexibility index (Phi) is 5.19. The number of hydrogen-bond acceptors (Lipinski definition) is 3. The summed E-state index contributed by atoms with van der Waals surface area (Å²) in [6.07, 6.45) is 0. The Morgan fingerprint density at radius 3 is 2.19 bits per heavy atom. The van der Waals surface area contributed by atoms with Crippen LogP contribution in [0.4, 0.5) is 10.1 Å². The van der Waals surface area contributed by atoms with Crippen molar-refractivity contribution in [2.75, 3.05) is 4.90 Å². The fourth-order valence-corrected chi connectivity index (χ4v) is 3.92. The van der Waals surface area contributed by atoms with Crippen LogP contribution < -0.4 is 4.90 Å². The number of Topliss-reactive ketones (excluding diaryl/α,β-unsaturated/α-hetero) is 1. The van der Waals surface area contributed by atoms with Crippen LogP contribution in [0.2, 0.25) is 0 Å². The summed E-state index contributed by atoms with van der Waals surface area (Å²) in [5.41, 5.74) is 4.36. The lowest BCUT2D eigenvalue weighted by Gasteiger charge is -2.26. The minimum absolute atomic E-state index is 0.0110. The number of rotatable bonds is 3. The first-order valence-corrected chi connectivity index (χ1v) is 9.99. The summed E-state index contributed by atoms with van der Waals surface area (Å²) >= 11 is 0. The van der Waals surface area contributed by atoms with E-state index in [1.807, 2.05) is 39.0 Å². The van der Waals surface area contributed by atoms with E-state index in [2.05, 4.69) is 0 Å². The van der Waals surface area contributed by atoms with Crippen LogP contribution in [0.25, 0.3) is 5.76 Å². The first kappa shape index (κ1) is 20.5. The van der Waals surface area contributed by atoms with Gasteiger partial charge in [0.15, 0.2) is 0 Å². The van der Waals surface area contributed by atoms with Gasteiger partial charge >= 0.3 is 0 Å². The van der Waals surface area contributed by atoms with E-state index >= 15 is 0 Å². The normalized spacial score (nSPS) is 17.9. The van der Waals surface area contributed by atoms with Crippen molar-refractivity contribution in [2.45, 2.75) is 26.8 Å². The van der Waals surface area contributed by atoms with E-state index in [4.69, 9.17) is 0 Å². The van der Waals surface area contributed by atoms with E-state index < -0.39 is 23.5 Å². The molecule has 1 heterocycles. The van der Waals surface area contributed by atoms with Gasteiger partial charge in [0.05, 0.1) is 11.6 Å². The number of hydrogen-bond donors (Lipinski definition) is 1. The van der Waals surface area contributed by atoms with Gasteiger partial charge in [-0.25, -0.2) is 4.39 Å². The number of ketones is 1. The van der Waals surface area contributed by atoms with Crippen molar-refractivity contribution < 1.29 is 19.1 Å². The predicted octanol–water partition coefficient (Wildman–Crippen LogP) is 5.38. The van der Waals surface area contributed by atoms with E-state index in [1.165, 1.54) is 29.2 Å². The van der Waals surface area contributed by atoms with Crippen LogP contribution in [0, 0.1) is 26.6 Å². The number of carbonyl (C=O) groups excluding carboxylic acids is 2. The Balaban J connectivity index is 1.97. The minimum Gasteiger partial charge on any atom is -0.507 e. The number of aliphatic hydroxyl groups is 1. The Hall–Kier alpha value is -3.73. The van der Waals surface area contributed by atoms with Gasteiger partial charge < -0.3 is 5.11 Å². The molecule has 1 aliphatic heterocycles. The Morgan fingerprint density at radius 1 is 0.871 bits per heavy atom. The maximum Gasteiger partial charge on any atom is 0.300 e. The highest BCUT2D eigenvalue weighted by molar-refractivity contribution is 6.51. The van der Waals surface area contributed by atoms with E-state index in [0.717, 1.165) is 16.7 Å². The van der Waals surface area contributed by atoms with Gasteiger partial charge in [-0.2, -0.15) is 0 Å². The number of benzene rings is 3. The van der Waals surface area contributed by atoms with Gasteiger partial charge in [-0.15, -0.1) is 0 Å². The molecule has 1 amide bonds. The quantitative estimate of drug-likeness (QED) is 0.355. The van der Waals surface area contributed by atoms with Gasteiger partial charge in [0, 0.05) is 11.3 Å². The zero-order valence-electron chi connectivity index (χ0n) is 17.5. The van der Waals surface area contributed by atoms with Crippen LogP contribution in [0.5, 0.6) is 0 Å². The van der Waals surface area contributed by atoms with Gasteiger partial charge in [0.1, 0.15) is 11.6 Å². The summed E-state index contributed by atoms with van der Waals surface area (Å²) in [6, 6.07) is 17.4. The lowest BCUT2D eigenvalue weighted by molar-refractivity contribution is -0.132. The molecule has 3 aromatic carbocycles. The molecule has 0 radical (unpaired) electrons. The molecular weight excluding hydrogens is 393 g/mol. The highest BCUT2D eigenvalue weighted by Gasteiger charge is 2.47. The monoisotopic (exact) mass is 415 g/mol. The maximum absolute atomic E-state index is 13.6. The molecule has 1 saturated heterocycles. The smallest absolute Gasteiger partial charge is 0.300 e. The second kappa shape index (κ2) is 7.84. The van der Waals surface area contributed by atoms with Crippen molar-refractivity contribution in [3.8, 4) is 0 Å². The van der Waals surface area contributed by atoms with Crippen LogP contribution in [0.1, 0.15) is 33.9 Å². The molecule has 0 spiro atoms. The molecule has 1 unspecified atom stereocenters. The van der Waals surface area contributed by atoms with Crippen LogP contribution in [0.15, 0.2) is 72.3 Å². The number of nitrogens with zero attached hydrogens (tertiary/aromatic N) is 1. The van der Waals surface area contributed by atoms with Gasteiger partial charge in [-0.05, 0) is 67.3 Å². The van der Waals surface area contributed by atoms with Crippen LogP contribution in [0.3, 0.4) is 0 Å². The number of anilines is 1. The van der Waals surface area contributed by atoms with E-state index in [9.17, 15) is 19.1 Å². The van der Waals surface area contributed by atoms with Crippen molar-refractivity contribution in [1.29, 1.82) is 0 Å². The van der Waals surface area contributed by atoms with Gasteiger partial charge in [-0.1, -0.05) is 42.5 Å². The van der Waals surface area contributed by atoms with Crippen molar-refractivity contribution in [1.82, 2.24) is 0 Å². The van der Waals surface area contributed by atoms with Crippen LogP contribution in [-0.2, 0) is 9.59 Å². The molecule has 4 rings (SSSR count). The van der Waals surface area contributed by atoms with Crippen LogP contribution >= 0.6 is 0 Å². The number of halogens is 1. The second-order valence-electron chi connectivity index (χ2n) is 7.81.